The van der Waals surface area contributed by atoms with Gasteiger partial charge in [0.05, 0.1) is 5.69 Å². The molecule has 0 unspecified atom stereocenters. The van der Waals surface area contributed by atoms with Gasteiger partial charge in [-0.15, -0.1) is 0 Å². The van der Waals surface area contributed by atoms with Crippen molar-refractivity contribution in [2.24, 2.45) is 5.92 Å². The Morgan fingerprint density at radius 3 is 2.56 bits per heavy atom. The van der Waals surface area contributed by atoms with Crippen LogP contribution in [0.15, 0.2) is 12.3 Å². The number of nitrogens with zero attached hydrogens (tertiary/aromatic N) is 3. The van der Waals surface area contributed by atoms with Gasteiger partial charge in [-0.3, -0.25) is 0 Å². The fraction of sp³-hybridized carbons (Fsp3) is 0.667. The second-order valence-electron chi connectivity index (χ2n) is 4.66. The normalized spacial score (nSPS) is 12.9. The highest BCUT2D eigenvalue weighted by molar-refractivity contribution is 5.26. The van der Waals surface area contributed by atoms with Crippen molar-refractivity contribution in [1.29, 1.82) is 0 Å². The van der Waals surface area contributed by atoms with Gasteiger partial charge in [-0.25, -0.2) is 9.97 Å². The minimum Gasteiger partial charge on any atom is -0.347 e. The summed E-state index contributed by atoms with van der Waals surface area (Å²) in [7, 11) is 3.90. The van der Waals surface area contributed by atoms with E-state index in [0.29, 0.717) is 12.0 Å². The van der Waals surface area contributed by atoms with Gasteiger partial charge in [-0.05, 0) is 18.9 Å². The zero-order chi connectivity index (χ0) is 12.1. The third kappa shape index (κ3) is 3.77. The smallest absolute Gasteiger partial charge is 0.225 e. The van der Waals surface area contributed by atoms with Crippen LogP contribution in [0.4, 0.5) is 5.95 Å². The Balaban J connectivity index is 2.57. The predicted octanol–water partition coefficient (Wildman–Crippen LogP) is 1.68. The molecule has 1 aromatic heterocycles. The van der Waals surface area contributed by atoms with E-state index in [0.717, 1.165) is 18.2 Å². The first-order valence-corrected chi connectivity index (χ1v) is 5.73. The Kier molecular flexibility index (Phi) is 4.68. The van der Waals surface area contributed by atoms with Gasteiger partial charge in [0.25, 0.3) is 0 Å². The van der Waals surface area contributed by atoms with Gasteiger partial charge >= 0.3 is 0 Å². The lowest BCUT2D eigenvalue weighted by atomic mass is 10.1. The molecule has 4 nitrogen and oxygen atoms in total. The van der Waals surface area contributed by atoms with Crippen LogP contribution in [-0.4, -0.2) is 30.1 Å². The lowest BCUT2D eigenvalue weighted by Crippen LogP contribution is -2.30. The quantitative estimate of drug-likeness (QED) is 0.823. The number of aromatic nitrogens is 2. The van der Waals surface area contributed by atoms with Gasteiger partial charge in [-0.1, -0.05) is 13.8 Å². The fourth-order valence-corrected chi connectivity index (χ4v) is 1.20. The van der Waals surface area contributed by atoms with Gasteiger partial charge in [0.2, 0.25) is 5.95 Å². The average molecular weight is 222 g/mol. The SMILES string of the molecule is CC(C)[C@H](C)NCc1ccnc(N(C)C)n1. The van der Waals surface area contributed by atoms with E-state index >= 15 is 0 Å². The Morgan fingerprint density at radius 2 is 2.00 bits per heavy atom. The molecule has 0 spiro atoms. The summed E-state index contributed by atoms with van der Waals surface area (Å²) < 4.78 is 0. The van der Waals surface area contributed by atoms with Crippen LogP contribution in [0.3, 0.4) is 0 Å². The van der Waals surface area contributed by atoms with Crippen molar-refractivity contribution < 1.29 is 0 Å². The third-order valence-electron chi connectivity index (χ3n) is 2.71. The Morgan fingerprint density at radius 1 is 1.31 bits per heavy atom. The number of hydrogen-bond donors (Lipinski definition) is 1. The van der Waals surface area contributed by atoms with Crippen molar-refractivity contribution in [3.8, 4) is 0 Å². The maximum absolute atomic E-state index is 4.46. The van der Waals surface area contributed by atoms with Crippen LogP contribution in [0, 0.1) is 5.92 Å². The van der Waals surface area contributed by atoms with E-state index in [1.807, 2.05) is 25.1 Å². The van der Waals surface area contributed by atoms with Gasteiger partial charge in [0, 0.05) is 32.9 Å². The molecule has 1 rings (SSSR count). The summed E-state index contributed by atoms with van der Waals surface area (Å²) >= 11 is 0. The van der Waals surface area contributed by atoms with Crippen LogP contribution in [0.5, 0.6) is 0 Å². The Bertz CT molecular complexity index is 323. The van der Waals surface area contributed by atoms with Crippen molar-refractivity contribution >= 4 is 5.95 Å². The lowest BCUT2D eigenvalue weighted by Gasteiger charge is -2.17. The fourth-order valence-electron chi connectivity index (χ4n) is 1.20. The molecule has 0 saturated heterocycles. The molecule has 90 valence electrons. The first kappa shape index (κ1) is 12.9. The Hall–Kier alpha value is -1.16. The molecular formula is C12H22N4. The van der Waals surface area contributed by atoms with Crippen LogP contribution in [0.2, 0.25) is 0 Å². The first-order valence-electron chi connectivity index (χ1n) is 5.73. The molecule has 1 heterocycles. The maximum Gasteiger partial charge on any atom is 0.225 e. The van der Waals surface area contributed by atoms with Crippen molar-refractivity contribution in [3.63, 3.8) is 0 Å². The lowest BCUT2D eigenvalue weighted by molar-refractivity contribution is 0.424. The number of rotatable bonds is 5. The topological polar surface area (TPSA) is 41.1 Å². The molecule has 1 N–H and O–H groups in total. The van der Waals surface area contributed by atoms with Crippen molar-refractivity contribution in [1.82, 2.24) is 15.3 Å². The summed E-state index contributed by atoms with van der Waals surface area (Å²) in [6.45, 7) is 7.41. The highest BCUT2D eigenvalue weighted by Gasteiger charge is 2.07. The predicted molar refractivity (Wildman–Crippen MR) is 67.5 cm³/mol. The summed E-state index contributed by atoms with van der Waals surface area (Å²) in [6, 6.07) is 2.45. The monoisotopic (exact) mass is 222 g/mol. The van der Waals surface area contributed by atoms with E-state index in [-0.39, 0.29) is 0 Å². The highest BCUT2D eigenvalue weighted by atomic mass is 15.2. The average Bonchev–Trinajstić information content (AvgIpc) is 2.26. The van der Waals surface area contributed by atoms with E-state index in [1.54, 1.807) is 6.20 Å². The molecule has 0 aliphatic rings. The molecule has 1 atom stereocenters. The van der Waals surface area contributed by atoms with Crippen molar-refractivity contribution in [3.05, 3.63) is 18.0 Å². The van der Waals surface area contributed by atoms with Crippen LogP contribution in [0.25, 0.3) is 0 Å². The molecule has 0 aliphatic carbocycles. The third-order valence-corrected chi connectivity index (χ3v) is 2.71. The highest BCUT2D eigenvalue weighted by Crippen LogP contribution is 2.05. The van der Waals surface area contributed by atoms with Crippen LogP contribution in [-0.2, 0) is 6.54 Å². The van der Waals surface area contributed by atoms with E-state index in [2.05, 4.69) is 36.1 Å². The molecule has 0 aliphatic heterocycles. The van der Waals surface area contributed by atoms with Crippen LogP contribution in [0.1, 0.15) is 26.5 Å². The Labute approximate surface area is 98.1 Å². The van der Waals surface area contributed by atoms with Crippen molar-refractivity contribution in [2.75, 3.05) is 19.0 Å². The standard InChI is InChI=1S/C12H22N4/c1-9(2)10(3)14-8-11-6-7-13-12(15-11)16(4)5/h6-7,9-10,14H,8H2,1-5H3/t10-/m0/s1. The van der Waals surface area contributed by atoms with Crippen LogP contribution < -0.4 is 10.2 Å². The minimum absolute atomic E-state index is 0.498. The van der Waals surface area contributed by atoms with E-state index in [1.165, 1.54) is 0 Å². The second kappa shape index (κ2) is 5.80. The number of nitrogens with one attached hydrogen (secondary N) is 1. The van der Waals surface area contributed by atoms with Gasteiger partial charge in [0.1, 0.15) is 0 Å². The van der Waals surface area contributed by atoms with E-state index in [9.17, 15) is 0 Å². The molecule has 0 radical (unpaired) electrons. The largest absolute Gasteiger partial charge is 0.347 e. The second-order valence-corrected chi connectivity index (χ2v) is 4.66. The number of anilines is 1. The zero-order valence-electron chi connectivity index (χ0n) is 10.9. The molecule has 16 heavy (non-hydrogen) atoms. The van der Waals surface area contributed by atoms with Crippen molar-refractivity contribution in [2.45, 2.75) is 33.4 Å². The first-order chi connectivity index (χ1) is 7.50. The van der Waals surface area contributed by atoms with Crippen LogP contribution >= 0.6 is 0 Å². The molecule has 4 heteroatoms. The van der Waals surface area contributed by atoms with Gasteiger partial charge in [-0.2, -0.15) is 0 Å². The summed E-state index contributed by atoms with van der Waals surface area (Å²) in [6.07, 6.45) is 1.80. The summed E-state index contributed by atoms with van der Waals surface area (Å²) in [5, 5.41) is 3.46. The zero-order valence-corrected chi connectivity index (χ0v) is 10.9. The minimum atomic E-state index is 0.498. The molecule has 0 fully saturated rings. The van der Waals surface area contributed by atoms with Gasteiger partial charge < -0.3 is 10.2 Å². The molecular weight excluding hydrogens is 200 g/mol. The number of hydrogen-bond acceptors (Lipinski definition) is 4. The summed E-state index contributed by atoms with van der Waals surface area (Å²) in [5.74, 6) is 1.40. The summed E-state index contributed by atoms with van der Waals surface area (Å²) in [5.41, 5.74) is 1.03. The molecule has 0 aromatic carbocycles. The summed E-state index contributed by atoms with van der Waals surface area (Å²) in [4.78, 5) is 10.6. The van der Waals surface area contributed by atoms with E-state index in [4.69, 9.17) is 0 Å². The maximum atomic E-state index is 4.46. The molecule has 1 aromatic rings. The molecule has 0 amide bonds. The molecule has 0 bridgehead atoms. The van der Waals surface area contributed by atoms with E-state index < -0.39 is 0 Å². The molecule has 0 saturated carbocycles. The van der Waals surface area contributed by atoms with Gasteiger partial charge in [0.15, 0.2) is 0 Å².